The number of guanidine groups is 1. The maximum absolute atomic E-state index is 5.93. The van der Waals surface area contributed by atoms with E-state index in [4.69, 9.17) is 15.2 Å². The number of benzene rings is 1. The van der Waals surface area contributed by atoms with E-state index in [1.807, 2.05) is 18.2 Å². The molecule has 1 aromatic rings. The first-order valence-electron chi connectivity index (χ1n) is 7.70. The van der Waals surface area contributed by atoms with Gasteiger partial charge in [0.2, 0.25) is 0 Å². The molecule has 0 spiro atoms. The lowest BCUT2D eigenvalue weighted by Crippen LogP contribution is -2.23. The van der Waals surface area contributed by atoms with Gasteiger partial charge in [0, 0.05) is 18.3 Å². The van der Waals surface area contributed by atoms with Gasteiger partial charge in [-0.2, -0.15) is 0 Å². The van der Waals surface area contributed by atoms with E-state index < -0.39 is 0 Å². The average Bonchev–Trinajstić information content (AvgIpc) is 2.55. The molecule has 0 heterocycles. The Morgan fingerprint density at radius 3 is 2.65 bits per heavy atom. The topological polar surface area (TPSA) is 68.9 Å². The first-order valence-corrected chi connectivity index (χ1v) is 7.70. The lowest BCUT2D eigenvalue weighted by atomic mass is 9.97. The number of hydrogen-bond donors (Lipinski definition) is 2. The summed E-state index contributed by atoms with van der Waals surface area (Å²) in [6.07, 6.45) is 8.37. The van der Waals surface area contributed by atoms with Crippen molar-refractivity contribution in [1.29, 1.82) is 0 Å². The van der Waals surface area contributed by atoms with E-state index in [9.17, 15) is 0 Å². The molecule has 128 valence electrons. The highest BCUT2D eigenvalue weighted by atomic mass is 127. The highest BCUT2D eigenvalue weighted by Crippen LogP contribution is 2.29. The molecule has 0 unspecified atom stereocenters. The van der Waals surface area contributed by atoms with Crippen LogP contribution in [-0.2, 0) is 0 Å². The summed E-state index contributed by atoms with van der Waals surface area (Å²) in [6, 6.07) is 5.56. The molecule has 1 aliphatic carbocycles. The zero-order valence-electron chi connectivity index (χ0n) is 13.8. The van der Waals surface area contributed by atoms with E-state index in [0.717, 1.165) is 18.7 Å². The third-order valence-corrected chi connectivity index (χ3v) is 3.76. The van der Waals surface area contributed by atoms with Gasteiger partial charge in [0.05, 0.1) is 14.2 Å². The van der Waals surface area contributed by atoms with E-state index in [1.165, 1.54) is 31.3 Å². The third-order valence-electron chi connectivity index (χ3n) is 3.76. The number of nitrogens with zero attached hydrogens (tertiary/aromatic N) is 1. The van der Waals surface area contributed by atoms with Crippen molar-refractivity contribution in [2.24, 2.45) is 10.7 Å². The monoisotopic (exact) mass is 431 g/mol. The van der Waals surface area contributed by atoms with Crippen molar-refractivity contribution in [1.82, 2.24) is 0 Å². The second-order valence-corrected chi connectivity index (χ2v) is 5.32. The number of nitrogens with two attached hydrogens (primary N) is 1. The van der Waals surface area contributed by atoms with Gasteiger partial charge in [-0.15, -0.1) is 24.0 Å². The van der Waals surface area contributed by atoms with Gasteiger partial charge in [-0.1, -0.05) is 11.6 Å². The number of anilines is 1. The fourth-order valence-electron chi connectivity index (χ4n) is 2.55. The summed E-state index contributed by atoms with van der Waals surface area (Å²) in [5.41, 5.74) is 8.27. The van der Waals surface area contributed by atoms with E-state index in [-0.39, 0.29) is 24.0 Å². The third kappa shape index (κ3) is 6.29. The maximum Gasteiger partial charge on any atom is 0.193 e. The molecule has 1 aromatic carbocycles. The van der Waals surface area contributed by atoms with Gasteiger partial charge in [-0.25, -0.2) is 0 Å². The zero-order chi connectivity index (χ0) is 15.8. The first kappa shape index (κ1) is 19.6. The molecule has 0 radical (unpaired) electrons. The molecule has 23 heavy (non-hydrogen) atoms. The smallest absolute Gasteiger partial charge is 0.193 e. The molecular formula is C17H26IN3O2. The van der Waals surface area contributed by atoms with Crippen LogP contribution in [0.2, 0.25) is 0 Å². The number of nitrogens with one attached hydrogen (secondary N) is 1. The summed E-state index contributed by atoms with van der Waals surface area (Å²) in [4.78, 5) is 4.38. The second-order valence-electron chi connectivity index (χ2n) is 5.32. The summed E-state index contributed by atoms with van der Waals surface area (Å²) in [6.45, 7) is 0.720. The van der Waals surface area contributed by atoms with Crippen LogP contribution in [0.3, 0.4) is 0 Å². The van der Waals surface area contributed by atoms with E-state index in [1.54, 1.807) is 14.2 Å². The number of rotatable bonds is 6. The minimum absolute atomic E-state index is 0. The molecule has 0 bridgehead atoms. The Kier molecular flexibility index (Phi) is 8.83. The molecule has 5 nitrogen and oxygen atoms in total. The summed E-state index contributed by atoms with van der Waals surface area (Å²) in [5.74, 6) is 1.77. The summed E-state index contributed by atoms with van der Waals surface area (Å²) in [7, 11) is 3.22. The van der Waals surface area contributed by atoms with Crippen molar-refractivity contribution >= 4 is 35.6 Å². The molecule has 3 N–H and O–H groups in total. The van der Waals surface area contributed by atoms with Crippen molar-refractivity contribution in [2.75, 3.05) is 26.1 Å². The molecule has 6 heteroatoms. The van der Waals surface area contributed by atoms with Crippen LogP contribution in [0.5, 0.6) is 11.5 Å². The Balaban J connectivity index is 0.00000264. The molecule has 0 aromatic heterocycles. The number of methoxy groups -OCH3 is 2. The van der Waals surface area contributed by atoms with Crippen molar-refractivity contribution in [3.63, 3.8) is 0 Å². The minimum atomic E-state index is 0. The molecule has 0 saturated heterocycles. The molecule has 0 amide bonds. The Bertz CT molecular complexity index is 559. The van der Waals surface area contributed by atoms with Gasteiger partial charge in [0.15, 0.2) is 17.5 Å². The Hall–Kier alpha value is -1.44. The Morgan fingerprint density at radius 1 is 1.22 bits per heavy atom. The molecule has 2 rings (SSSR count). The van der Waals surface area contributed by atoms with Crippen LogP contribution in [-0.4, -0.2) is 26.7 Å². The van der Waals surface area contributed by atoms with Gasteiger partial charge >= 0.3 is 0 Å². The van der Waals surface area contributed by atoms with Crippen molar-refractivity contribution < 1.29 is 9.47 Å². The predicted molar refractivity (Wildman–Crippen MR) is 106 cm³/mol. The SMILES string of the molecule is COc1ccc(NC(N)=NCCC2=CCCCC2)cc1OC.I. The van der Waals surface area contributed by atoms with Crippen LogP contribution >= 0.6 is 24.0 Å². The number of aliphatic imine (C=N–C) groups is 1. The molecule has 0 fully saturated rings. The number of allylic oxidation sites excluding steroid dienone is 1. The van der Waals surface area contributed by atoms with Crippen molar-refractivity contribution in [3.05, 3.63) is 29.8 Å². The highest BCUT2D eigenvalue weighted by molar-refractivity contribution is 14.0. The van der Waals surface area contributed by atoms with Crippen LogP contribution in [0.25, 0.3) is 0 Å². The van der Waals surface area contributed by atoms with Gasteiger partial charge in [0.25, 0.3) is 0 Å². The summed E-state index contributed by atoms with van der Waals surface area (Å²) >= 11 is 0. The van der Waals surface area contributed by atoms with Gasteiger partial charge in [-0.05, 0) is 44.2 Å². The van der Waals surface area contributed by atoms with Gasteiger partial charge in [-0.3, -0.25) is 4.99 Å². The first-order chi connectivity index (χ1) is 10.7. The zero-order valence-corrected chi connectivity index (χ0v) is 16.1. The lowest BCUT2D eigenvalue weighted by Gasteiger charge is -2.12. The highest BCUT2D eigenvalue weighted by Gasteiger charge is 2.05. The Morgan fingerprint density at radius 2 is 2.00 bits per heavy atom. The van der Waals surface area contributed by atoms with E-state index in [2.05, 4.69) is 16.4 Å². The molecule has 0 aliphatic heterocycles. The normalized spacial score (nSPS) is 14.5. The standard InChI is InChI=1S/C17H25N3O2.HI/c1-21-15-9-8-14(12-16(15)22-2)20-17(18)19-11-10-13-6-4-3-5-7-13;/h6,8-9,12H,3-5,7,10-11H2,1-2H3,(H3,18,19,20);1H. The van der Waals surface area contributed by atoms with Crippen molar-refractivity contribution in [3.8, 4) is 11.5 Å². The molecule has 1 aliphatic rings. The molecular weight excluding hydrogens is 405 g/mol. The fraction of sp³-hybridized carbons (Fsp3) is 0.471. The maximum atomic E-state index is 5.93. The van der Waals surface area contributed by atoms with Crippen LogP contribution in [0, 0.1) is 0 Å². The van der Waals surface area contributed by atoms with E-state index in [0.29, 0.717) is 17.5 Å². The van der Waals surface area contributed by atoms with Crippen LogP contribution in [0.4, 0.5) is 5.69 Å². The van der Waals surface area contributed by atoms with Crippen molar-refractivity contribution in [2.45, 2.75) is 32.1 Å². The van der Waals surface area contributed by atoms with Crippen LogP contribution in [0.15, 0.2) is 34.8 Å². The average molecular weight is 431 g/mol. The second kappa shape index (κ2) is 10.4. The quantitative estimate of drug-likeness (QED) is 0.310. The summed E-state index contributed by atoms with van der Waals surface area (Å²) in [5, 5.41) is 3.08. The van der Waals surface area contributed by atoms with Crippen LogP contribution in [0.1, 0.15) is 32.1 Å². The minimum Gasteiger partial charge on any atom is -0.493 e. The van der Waals surface area contributed by atoms with Gasteiger partial charge < -0.3 is 20.5 Å². The molecule has 0 atom stereocenters. The predicted octanol–water partition coefficient (Wildman–Crippen LogP) is 3.94. The number of hydrogen-bond acceptors (Lipinski definition) is 3. The molecule has 0 saturated carbocycles. The van der Waals surface area contributed by atoms with E-state index >= 15 is 0 Å². The van der Waals surface area contributed by atoms with Gasteiger partial charge in [0.1, 0.15) is 0 Å². The largest absolute Gasteiger partial charge is 0.493 e. The lowest BCUT2D eigenvalue weighted by molar-refractivity contribution is 0.355. The van der Waals surface area contributed by atoms with Crippen LogP contribution < -0.4 is 20.5 Å². The Labute approximate surface area is 155 Å². The summed E-state index contributed by atoms with van der Waals surface area (Å²) < 4.78 is 10.5. The number of ether oxygens (including phenoxy) is 2. The number of halogens is 1. The fourth-order valence-corrected chi connectivity index (χ4v) is 2.55.